The van der Waals surface area contributed by atoms with Gasteiger partial charge in [-0.2, -0.15) is 8.42 Å². The molecule has 17 heavy (non-hydrogen) atoms. The molecule has 0 bridgehead atoms. The molecule has 0 N–H and O–H groups in total. The van der Waals surface area contributed by atoms with E-state index in [-0.39, 0.29) is 21.9 Å². The number of halogens is 1. The highest BCUT2D eigenvalue weighted by Gasteiger charge is 2.23. The Bertz CT molecular complexity index is 581. The molecule has 0 unspecified atom stereocenters. The molecule has 0 amide bonds. The van der Waals surface area contributed by atoms with Gasteiger partial charge in [0.05, 0.1) is 11.6 Å². The second-order valence-corrected chi connectivity index (χ2v) is 5.06. The zero-order valence-electron chi connectivity index (χ0n) is 9.19. The predicted octanol–water partition coefficient (Wildman–Crippen LogP) is -2.57. The summed E-state index contributed by atoms with van der Waals surface area (Å²) in [6, 6.07) is 8.24. The molecule has 0 saturated heterocycles. The fourth-order valence-electron chi connectivity index (χ4n) is 1.29. The molecule has 0 spiro atoms. The molecule has 0 fully saturated rings. The molecule has 2 aromatic rings. The Labute approximate surface area is 111 Å². The highest BCUT2D eigenvalue weighted by Crippen LogP contribution is 2.10. The van der Waals surface area contributed by atoms with Gasteiger partial charge in [-0.25, -0.2) is 4.57 Å². The van der Waals surface area contributed by atoms with E-state index in [4.69, 9.17) is 0 Å². The molecule has 0 aliphatic carbocycles. The molecule has 2 rings (SSSR count). The number of rotatable bonds is 3. The lowest BCUT2D eigenvalue weighted by atomic mass is 10.4. The molecule has 1 aromatic carbocycles. The first-order valence-electron chi connectivity index (χ1n) is 4.89. The maximum Gasteiger partial charge on any atom is 0.341 e. The number of nitrogens with zero attached hydrogens (tertiary/aromatic N) is 3. The Hall–Kier alpha value is -1.21. The zero-order chi connectivity index (χ0) is 11.6. The lowest BCUT2D eigenvalue weighted by Gasteiger charge is -1.96. The van der Waals surface area contributed by atoms with E-state index in [1.807, 2.05) is 6.92 Å². The predicted molar refractivity (Wildman–Crippen MR) is 57.1 cm³/mol. The molecule has 92 valence electrons. The lowest BCUT2D eigenvalue weighted by Crippen LogP contribution is -3.00. The summed E-state index contributed by atoms with van der Waals surface area (Å²) in [5.41, 5.74) is 0. The molecule has 0 atom stereocenters. The minimum absolute atomic E-state index is 0. The molecular weight excluding hydrogens is 306 g/mol. The second-order valence-electron chi connectivity index (χ2n) is 3.27. The molecule has 7 heteroatoms. The van der Waals surface area contributed by atoms with Crippen LogP contribution in [0.25, 0.3) is 0 Å². The largest absolute Gasteiger partial charge is 1.00 e. The summed E-state index contributed by atoms with van der Waals surface area (Å²) in [5.74, 6) is 0. The van der Waals surface area contributed by atoms with Crippen LogP contribution < -0.4 is 21.5 Å². The molecule has 1 heterocycles. The van der Waals surface area contributed by atoms with Crippen molar-refractivity contribution >= 4 is 10.0 Å². The van der Waals surface area contributed by atoms with Crippen molar-refractivity contribution in [3.8, 4) is 0 Å². The third-order valence-corrected chi connectivity index (χ3v) is 3.76. The quantitative estimate of drug-likeness (QED) is 0.585. The normalized spacial score (nSPS) is 10.9. The summed E-state index contributed by atoms with van der Waals surface area (Å²) in [6.45, 7) is 2.60. The molecule has 1 aromatic heterocycles. The van der Waals surface area contributed by atoms with Gasteiger partial charge in [-0.05, 0) is 19.1 Å². The van der Waals surface area contributed by atoms with Crippen molar-refractivity contribution in [1.82, 2.24) is 9.19 Å². The molecular formula is C10H12BrN3O2S. The van der Waals surface area contributed by atoms with Crippen LogP contribution in [0.5, 0.6) is 0 Å². The van der Waals surface area contributed by atoms with Gasteiger partial charge in [-0.1, -0.05) is 18.2 Å². The number of hydrogen-bond donors (Lipinski definition) is 0. The minimum Gasteiger partial charge on any atom is -1.00 e. The molecule has 0 radical (unpaired) electrons. The maximum atomic E-state index is 12.1. The summed E-state index contributed by atoms with van der Waals surface area (Å²) >= 11 is 0. The van der Waals surface area contributed by atoms with E-state index in [0.717, 1.165) is 4.09 Å². The Balaban J connectivity index is 0.00000144. The van der Waals surface area contributed by atoms with Gasteiger partial charge < -0.3 is 17.0 Å². The Kier molecular flexibility index (Phi) is 4.41. The van der Waals surface area contributed by atoms with Crippen molar-refractivity contribution < 1.29 is 30.0 Å². The van der Waals surface area contributed by atoms with E-state index >= 15 is 0 Å². The van der Waals surface area contributed by atoms with Crippen LogP contribution >= 0.6 is 0 Å². The number of aryl methyl sites for hydroxylation is 1. The van der Waals surface area contributed by atoms with E-state index in [0.29, 0.717) is 6.54 Å². The second kappa shape index (κ2) is 5.42. The molecule has 5 nitrogen and oxygen atoms in total. The van der Waals surface area contributed by atoms with Crippen molar-refractivity contribution in [3.05, 3.63) is 43.0 Å². The number of aromatic nitrogens is 3. The number of hydrogen-bond acceptors (Lipinski definition) is 3. The van der Waals surface area contributed by atoms with Crippen LogP contribution in [-0.2, 0) is 16.6 Å². The van der Waals surface area contributed by atoms with Gasteiger partial charge in [0.25, 0.3) is 6.33 Å². The third-order valence-electron chi connectivity index (χ3n) is 2.21. The highest BCUT2D eigenvalue weighted by molar-refractivity contribution is 7.89. The van der Waals surface area contributed by atoms with E-state index in [9.17, 15) is 8.42 Å². The van der Waals surface area contributed by atoms with Gasteiger partial charge in [0.2, 0.25) is 6.33 Å². The lowest BCUT2D eigenvalue weighted by molar-refractivity contribution is -0.693. The van der Waals surface area contributed by atoms with Gasteiger partial charge in [0.15, 0.2) is 0 Å². The van der Waals surface area contributed by atoms with Crippen molar-refractivity contribution in [3.63, 3.8) is 0 Å². The van der Waals surface area contributed by atoms with Gasteiger partial charge in [-0.15, -0.1) is 0 Å². The van der Waals surface area contributed by atoms with Crippen LogP contribution in [0.3, 0.4) is 0 Å². The van der Waals surface area contributed by atoms with Gasteiger partial charge in [0, 0.05) is 4.09 Å². The average molecular weight is 318 g/mol. The topological polar surface area (TPSA) is 55.8 Å². The standard InChI is InChI=1S/C10H12N3O2S.BrH/c1-2-12-8-11-13(9-12)16(14,15)10-6-4-3-5-7-10;/h3-9H,2H2,1H3;1H/q+1;/p-1. The summed E-state index contributed by atoms with van der Waals surface area (Å²) < 4.78 is 26.8. The van der Waals surface area contributed by atoms with Crippen LogP contribution in [0.15, 0.2) is 47.9 Å². The molecule has 0 saturated carbocycles. The van der Waals surface area contributed by atoms with Crippen LogP contribution in [0, 0.1) is 0 Å². The Morgan fingerprint density at radius 2 is 1.94 bits per heavy atom. The minimum atomic E-state index is -3.54. The fourth-order valence-corrected chi connectivity index (χ4v) is 2.42. The first-order chi connectivity index (χ1) is 7.64. The smallest absolute Gasteiger partial charge is 0.341 e. The monoisotopic (exact) mass is 317 g/mol. The SMILES string of the molecule is CC[n+]1cnn(S(=O)(=O)c2ccccc2)c1.[Br-]. The fraction of sp³-hybridized carbons (Fsp3) is 0.200. The summed E-state index contributed by atoms with van der Waals surface area (Å²) in [6.07, 6.45) is 2.95. The Morgan fingerprint density at radius 1 is 1.29 bits per heavy atom. The third kappa shape index (κ3) is 2.73. The van der Waals surface area contributed by atoms with Crippen LogP contribution in [-0.4, -0.2) is 17.6 Å². The van der Waals surface area contributed by atoms with Crippen molar-refractivity contribution in [1.29, 1.82) is 0 Å². The average Bonchev–Trinajstić information content (AvgIpc) is 2.79. The van der Waals surface area contributed by atoms with E-state index in [1.165, 1.54) is 12.7 Å². The van der Waals surface area contributed by atoms with Crippen LogP contribution in [0.1, 0.15) is 6.92 Å². The Morgan fingerprint density at radius 3 is 2.47 bits per heavy atom. The van der Waals surface area contributed by atoms with Crippen molar-refractivity contribution in [2.75, 3.05) is 0 Å². The first-order valence-corrected chi connectivity index (χ1v) is 6.33. The summed E-state index contributed by atoms with van der Waals surface area (Å²) in [5, 5.41) is 3.83. The van der Waals surface area contributed by atoms with E-state index in [1.54, 1.807) is 34.9 Å². The van der Waals surface area contributed by atoms with E-state index in [2.05, 4.69) is 5.10 Å². The van der Waals surface area contributed by atoms with Crippen LogP contribution in [0.4, 0.5) is 0 Å². The van der Waals surface area contributed by atoms with Crippen LogP contribution in [0.2, 0.25) is 0 Å². The van der Waals surface area contributed by atoms with Gasteiger partial charge in [0.1, 0.15) is 4.90 Å². The highest BCUT2D eigenvalue weighted by atomic mass is 79.9. The number of benzene rings is 1. The summed E-state index contributed by atoms with van der Waals surface area (Å²) in [7, 11) is -3.54. The molecule has 0 aliphatic rings. The first kappa shape index (κ1) is 13.9. The van der Waals surface area contributed by atoms with Crippen molar-refractivity contribution in [2.24, 2.45) is 0 Å². The molecule has 0 aliphatic heterocycles. The maximum absolute atomic E-state index is 12.1. The van der Waals surface area contributed by atoms with E-state index < -0.39 is 10.0 Å². The zero-order valence-corrected chi connectivity index (χ0v) is 11.6. The summed E-state index contributed by atoms with van der Waals surface area (Å²) in [4.78, 5) is 0.237. The van der Waals surface area contributed by atoms with Gasteiger partial charge >= 0.3 is 10.0 Å². The van der Waals surface area contributed by atoms with Crippen molar-refractivity contribution in [2.45, 2.75) is 18.4 Å². The van der Waals surface area contributed by atoms with Gasteiger partial charge in [-0.3, -0.25) is 0 Å².